The summed E-state index contributed by atoms with van der Waals surface area (Å²) in [5.41, 5.74) is 0. The van der Waals surface area contributed by atoms with Gasteiger partial charge in [0.1, 0.15) is 12.2 Å². The molecule has 3 nitrogen and oxygen atoms in total. The molecule has 64 valence electrons. The number of carbonyl (C=O) groups is 1. The van der Waals surface area contributed by atoms with Crippen molar-refractivity contribution < 1.29 is 13.9 Å². The molecule has 1 N–H and O–H groups in total. The van der Waals surface area contributed by atoms with E-state index in [1.807, 2.05) is 0 Å². The number of halogens is 1. The summed E-state index contributed by atoms with van der Waals surface area (Å²) < 4.78 is 17.0. The first-order chi connectivity index (χ1) is 5.24. The standard InChI is InChI=1S/C7H12FNO2/c1-11-7(10)6-3-2-5(8)4-9-6/h5-6,9H,2-4H2,1H3/t5-,6-/m0/s1. The third-order valence-electron chi connectivity index (χ3n) is 1.84. The van der Waals surface area contributed by atoms with Crippen LogP contribution in [0.25, 0.3) is 0 Å². The Morgan fingerprint density at radius 2 is 2.36 bits per heavy atom. The van der Waals surface area contributed by atoms with Crippen LogP contribution < -0.4 is 5.32 Å². The van der Waals surface area contributed by atoms with E-state index in [-0.39, 0.29) is 18.6 Å². The number of methoxy groups -OCH3 is 1. The van der Waals surface area contributed by atoms with Gasteiger partial charge < -0.3 is 10.1 Å². The van der Waals surface area contributed by atoms with Gasteiger partial charge in [-0.2, -0.15) is 0 Å². The molecule has 0 radical (unpaired) electrons. The predicted octanol–water partition coefficient (Wildman–Crippen LogP) is 0.249. The van der Waals surface area contributed by atoms with Gasteiger partial charge in [-0.15, -0.1) is 0 Å². The smallest absolute Gasteiger partial charge is 0.322 e. The summed E-state index contributed by atoms with van der Waals surface area (Å²) in [4.78, 5) is 10.9. The van der Waals surface area contributed by atoms with Crippen LogP contribution in [0.1, 0.15) is 12.8 Å². The van der Waals surface area contributed by atoms with Crippen LogP contribution in [0.2, 0.25) is 0 Å². The fraction of sp³-hybridized carbons (Fsp3) is 0.857. The van der Waals surface area contributed by atoms with Gasteiger partial charge in [-0.1, -0.05) is 0 Å². The molecule has 0 aromatic heterocycles. The maximum atomic E-state index is 12.5. The molecule has 1 rings (SSSR count). The van der Waals surface area contributed by atoms with Gasteiger partial charge in [-0.3, -0.25) is 4.79 Å². The minimum Gasteiger partial charge on any atom is -0.468 e. The average Bonchev–Trinajstić information content (AvgIpc) is 2.05. The fourth-order valence-corrected chi connectivity index (χ4v) is 1.17. The second-order valence-corrected chi connectivity index (χ2v) is 2.66. The first-order valence-electron chi connectivity index (χ1n) is 3.69. The highest BCUT2D eigenvalue weighted by Crippen LogP contribution is 2.11. The molecule has 4 heteroatoms. The Labute approximate surface area is 64.9 Å². The summed E-state index contributed by atoms with van der Waals surface area (Å²) in [6.45, 7) is 0.264. The van der Waals surface area contributed by atoms with E-state index in [1.165, 1.54) is 7.11 Å². The molecule has 11 heavy (non-hydrogen) atoms. The van der Waals surface area contributed by atoms with Crippen molar-refractivity contribution >= 4 is 5.97 Å². The van der Waals surface area contributed by atoms with Crippen molar-refractivity contribution in [2.75, 3.05) is 13.7 Å². The molecule has 0 aromatic rings. The van der Waals surface area contributed by atoms with Crippen molar-refractivity contribution in [1.82, 2.24) is 5.32 Å². The summed E-state index contributed by atoms with van der Waals surface area (Å²) in [7, 11) is 1.34. The number of nitrogens with one attached hydrogen (secondary N) is 1. The highest BCUT2D eigenvalue weighted by Gasteiger charge is 2.25. The first kappa shape index (κ1) is 8.46. The van der Waals surface area contributed by atoms with Crippen LogP contribution in [0.5, 0.6) is 0 Å². The normalized spacial score (nSPS) is 31.5. The van der Waals surface area contributed by atoms with Crippen molar-refractivity contribution in [3.8, 4) is 0 Å². The van der Waals surface area contributed by atoms with Gasteiger partial charge in [0, 0.05) is 6.54 Å². The van der Waals surface area contributed by atoms with Crippen LogP contribution in [0.3, 0.4) is 0 Å². The summed E-state index contributed by atoms with van der Waals surface area (Å²) in [6, 6.07) is -0.299. The third kappa shape index (κ3) is 2.15. The van der Waals surface area contributed by atoms with Gasteiger partial charge >= 0.3 is 5.97 Å². The number of rotatable bonds is 1. The average molecular weight is 161 g/mol. The van der Waals surface area contributed by atoms with E-state index in [9.17, 15) is 9.18 Å². The summed E-state index contributed by atoms with van der Waals surface area (Å²) in [6.07, 6.45) is 0.177. The van der Waals surface area contributed by atoms with E-state index < -0.39 is 6.17 Å². The zero-order chi connectivity index (χ0) is 8.27. The molecule has 1 aliphatic rings. The molecule has 1 aliphatic heterocycles. The van der Waals surface area contributed by atoms with E-state index in [0.717, 1.165) is 0 Å². The lowest BCUT2D eigenvalue weighted by Crippen LogP contribution is -2.45. The Kier molecular flexibility index (Phi) is 2.82. The largest absolute Gasteiger partial charge is 0.468 e. The Balaban J connectivity index is 2.33. The van der Waals surface area contributed by atoms with E-state index in [1.54, 1.807) is 0 Å². The number of hydrogen-bond donors (Lipinski definition) is 1. The zero-order valence-corrected chi connectivity index (χ0v) is 6.47. The van der Waals surface area contributed by atoms with Gasteiger partial charge in [0.2, 0.25) is 0 Å². The summed E-state index contributed by atoms with van der Waals surface area (Å²) in [5, 5.41) is 2.77. The van der Waals surface area contributed by atoms with Gasteiger partial charge in [0.15, 0.2) is 0 Å². The molecule has 0 aromatic carbocycles. The quantitative estimate of drug-likeness (QED) is 0.560. The lowest BCUT2D eigenvalue weighted by molar-refractivity contribution is -0.144. The van der Waals surface area contributed by atoms with Crippen LogP contribution >= 0.6 is 0 Å². The zero-order valence-electron chi connectivity index (χ0n) is 6.47. The van der Waals surface area contributed by atoms with Crippen LogP contribution in [0.4, 0.5) is 4.39 Å². The van der Waals surface area contributed by atoms with Crippen LogP contribution in [0, 0.1) is 0 Å². The van der Waals surface area contributed by atoms with Crippen molar-refractivity contribution in [3.63, 3.8) is 0 Å². The van der Waals surface area contributed by atoms with E-state index in [4.69, 9.17) is 0 Å². The minimum absolute atomic E-state index is 0.264. The minimum atomic E-state index is -0.809. The van der Waals surface area contributed by atoms with Crippen LogP contribution in [-0.4, -0.2) is 31.8 Å². The van der Waals surface area contributed by atoms with E-state index in [2.05, 4.69) is 10.1 Å². The molecule has 0 amide bonds. The first-order valence-corrected chi connectivity index (χ1v) is 3.69. The van der Waals surface area contributed by atoms with Crippen molar-refractivity contribution in [2.24, 2.45) is 0 Å². The number of ether oxygens (including phenoxy) is 1. The fourth-order valence-electron chi connectivity index (χ4n) is 1.17. The number of alkyl halides is 1. The molecule has 2 atom stereocenters. The van der Waals surface area contributed by atoms with Crippen molar-refractivity contribution in [1.29, 1.82) is 0 Å². The predicted molar refractivity (Wildman–Crippen MR) is 37.9 cm³/mol. The number of carbonyl (C=O) groups excluding carboxylic acids is 1. The molecule has 0 unspecified atom stereocenters. The summed E-state index contributed by atoms with van der Waals surface area (Å²) >= 11 is 0. The van der Waals surface area contributed by atoms with Crippen molar-refractivity contribution in [2.45, 2.75) is 25.1 Å². The number of hydrogen-bond acceptors (Lipinski definition) is 3. The van der Waals surface area contributed by atoms with Crippen molar-refractivity contribution in [3.05, 3.63) is 0 Å². The van der Waals surface area contributed by atoms with E-state index >= 15 is 0 Å². The Morgan fingerprint density at radius 3 is 2.82 bits per heavy atom. The maximum absolute atomic E-state index is 12.5. The van der Waals surface area contributed by atoms with Gasteiger partial charge in [0.25, 0.3) is 0 Å². The molecule has 0 saturated carbocycles. The molecule has 1 fully saturated rings. The Hall–Kier alpha value is -0.640. The van der Waals surface area contributed by atoms with Gasteiger partial charge in [0.05, 0.1) is 7.11 Å². The molecule has 0 spiro atoms. The molecular weight excluding hydrogens is 149 g/mol. The highest BCUT2D eigenvalue weighted by atomic mass is 19.1. The molecule has 1 heterocycles. The van der Waals surface area contributed by atoms with E-state index in [0.29, 0.717) is 12.8 Å². The topological polar surface area (TPSA) is 38.3 Å². The molecular formula is C7H12FNO2. The van der Waals surface area contributed by atoms with Crippen LogP contribution in [0.15, 0.2) is 0 Å². The number of piperidine rings is 1. The maximum Gasteiger partial charge on any atom is 0.322 e. The Morgan fingerprint density at radius 1 is 1.64 bits per heavy atom. The summed E-state index contributed by atoms with van der Waals surface area (Å²) in [5.74, 6) is -0.295. The van der Waals surface area contributed by atoms with Crippen LogP contribution in [-0.2, 0) is 9.53 Å². The van der Waals surface area contributed by atoms with Gasteiger partial charge in [-0.25, -0.2) is 4.39 Å². The third-order valence-corrected chi connectivity index (χ3v) is 1.84. The SMILES string of the molecule is COC(=O)[C@@H]1CC[C@H](F)CN1. The lowest BCUT2D eigenvalue weighted by atomic mass is 10.0. The Bertz CT molecular complexity index is 143. The monoisotopic (exact) mass is 161 g/mol. The number of esters is 1. The molecule has 1 saturated heterocycles. The second-order valence-electron chi connectivity index (χ2n) is 2.66. The second kappa shape index (κ2) is 3.67. The lowest BCUT2D eigenvalue weighted by Gasteiger charge is -2.23. The molecule has 0 bridgehead atoms. The molecule has 0 aliphatic carbocycles. The van der Waals surface area contributed by atoms with Gasteiger partial charge in [-0.05, 0) is 12.8 Å². The highest BCUT2D eigenvalue weighted by molar-refractivity contribution is 5.75.